The summed E-state index contributed by atoms with van der Waals surface area (Å²) in [6, 6.07) is 8.03. The van der Waals surface area contributed by atoms with Gasteiger partial charge in [0.1, 0.15) is 17.9 Å². The number of hydrogen-bond acceptors (Lipinski definition) is 9. The van der Waals surface area contributed by atoms with Crippen molar-refractivity contribution >= 4 is 34.9 Å². The van der Waals surface area contributed by atoms with E-state index in [1.807, 2.05) is 0 Å². The van der Waals surface area contributed by atoms with Crippen molar-refractivity contribution in [3.05, 3.63) is 65.0 Å². The number of carbonyl (C=O) groups excluding carboxylic acids is 3. The number of allylic oxidation sites excluding steroid dienone is 1. The zero-order chi connectivity index (χ0) is 27.8. The van der Waals surface area contributed by atoms with E-state index in [1.165, 1.54) is 38.5 Å². The van der Waals surface area contributed by atoms with Crippen LogP contribution < -0.4 is 15.8 Å². The number of ether oxygens (including phenoxy) is 4. The van der Waals surface area contributed by atoms with Gasteiger partial charge in [-0.3, -0.25) is 15.5 Å². The Labute approximate surface area is 214 Å². The number of rotatable bonds is 10. The summed E-state index contributed by atoms with van der Waals surface area (Å²) < 4.78 is 34.9. The Balaban J connectivity index is 2.37. The molecule has 0 heterocycles. The summed E-state index contributed by atoms with van der Waals surface area (Å²) in [5.74, 6) is -2.45. The van der Waals surface area contributed by atoms with Crippen LogP contribution in [0.1, 0.15) is 42.3 Å². The van der Waals surface area contributed by atoms with Crippen molar-refractivity contribution < 1.29 is 37.7 Å². The maximum absolute atomic E-state index is 14.8. The quantitative estimate of drug-likeness (QED) is 0.186. The maximum atomic E-state index is 14.8. The molecule has 1 amide bonds. The van der Waals surface area contributed by atoms with E-state index in [9.17, 15) is 18.8 Å². The van der Waals surface area contributed by atoms with Crippen LogP contribution in [-0.2, 0) is 19.0 Å². The van der Waals surface area contributed by atoms with Crippen molar-refractivity contribution in [1.29, 1.82) is 5.41 Å². The smallest absolute Gasteiger partial charge is 0.412 e. The van der Waals surface area contributed by atoms with Gasteiger partial charge < -0.3 is 24.7 Å². The summed E-state index contributed by atoms with van der Waals surface area (Å²) in [7, 11) is 2.71. The molecule has 0 aliphatic carbocycles. The number of nitrogens with one attached hydrogen (secondary N) is 2. The van der Waals surface area contributed by atoms with Gasteiger partial charge >= 0.3 is 12.1 Å². The van der Waals surface area contributed by atoms with Gasteiger partial charge in [-0.05, 0) is 44.5 Å². The molecule has 11 heteroatoms. The molecule has 0 fully saturated rings. The zero-order valence-electron chi connectivity index (χ0n) is 21.3. The minimum absolute atomic E-state index is 0.00723. The summed E-state index contributed by atoms with van der Waals surface area (Å²) in [6.45, 7) is 5.20. The second kappa shape index (κ2) is 12.6. The molecule has 2 rings (SSSR count). The summed E-state index contributed by atoms with van der Waals surface area (Å²) in [6.07, 6.45) is 0.123. The van der Waals surface area contributed by atoms with Gasteiger partial charge in [0.2, 0.25) is 5.78 Å². The number of hydrogen-bond donors (Lipinski definition) is 3. The fourth-order valence-corrected chi connectivity index (χ4v) is 2.97. The summed E-state index contributed by atoms with van der Waals surface area (Å²) in [5, 5.41) is 10.8. The van der Waals surface area contributed by atoms with Gasteiger partial charge in [-0.15, -0.1) is 0 Å². The van der Waals surface area contributed by atoms with E-state index < -0.39 is 35.0 Å². The Hall–Kier alpha value is -4.25. The zero-order valence-corrected chi connectivity index (χ0v) is 21.3. The highest BCUT2D eigenvalue weighted by molar-refractivity contribution is 6.50. The number of methoxy groups -OCH3 is 2. The number of esters is 1. The largest absolute Gasteiger partial charge is 0.488 e. The van der Waals surface area contributed by atoms with Gasteiger partial charge in [0.15, 0.2) is 11.6 Å². The predicted octanol–water partition coefficient (Wildman–Crippen LogP) is 3.92. The molecule has 0 aliphatic rings. The number of amides is 1. The molecule has 0 aromatic heterocycles. The Bertz CT molecular complexity index is 1200. The van der Waals surface area contributed by atoms with Crippen LogP contribution in [0.3, 0.4) is 0 Å². The molecule has 4 N–H and O–H groups in total. The number of anilines is 1. The van der Waals surface area contributed by atoms with Crippen molar-refractivity contribution in [1.82, 2.24) is 0 Å². The summed E-state index contributed by atoms with van der Waals surface area (Å²) in [5.41, 5.74) is 4.97. The highest BCUT2D eigenvalue weighted by atomic mass is 19.1. The maximum Gasteiger partial charge on any atom is 0.412 e. The van der Waals surface area contributed by atoms with E-state index in [4.69, 9.17) is 25.4 Å². The topological polar surface area (TPSA) is 150 Å². The normalized spacial score (nSPS) is 11.5. The number of ketones is 1. The average molecular weight is 516 g/mol. The first-order valence-corrected chi connectivity index (χ1v) is 11.1. The number of nitrogens with two attached hydrogens (primary N) is 1. The molecule has 0 saturated carbocycles. The van der Waals surface area contributed by atoms with Gasteiger partial charge in [0.05, 0.1) is 25.0 Å². The van der Waals surface area contributed by atoms with Crippen LogP contribution >= 0.6 is 0 Å². The van der Waals surface area contributed by atoms with E-state index in [0.29, 0.717) is 11.1 Å². The summed E-state index contributed by atoms with van der Waals surface area (Å²) in [4.78, 5) is 36.8. The van der Waals surface area contributed by atoms with Crippen LogP contribution in [0, 0.1) is 11.2 Å². The molecule has 198 valence electrons. The van der Waals surface area contributed by atoms with E-state index in [0.717, 1.165) is 18.2 Å². The first kappa shape index (κ1) is 29.0. The number of carbonyl (C=O) groups is 3. The van der Waals surface area contributed by atoms with Crippen molar-refractivity contribution in [2.45, 2.75) is 26.4 Å². The fraction of sp³-hybridized carbons (Fsp3) is 0.308. The predicted molar refractivity (Wildman–Crippen MR) is 135 cm³/mol. The summed E-state index contributed by atoms with van der Waals surface area (Å²) >= 11 is 0. The molecule has 2 aromatic carbocycles. The molecule has 0 aliphatic heterocycles. The molecule has 2 aromatic rings. The van der Waals surface area contributed by atoms with Crippen molar-refractivity contribution in [3.8, 4) is 5.75 Å². The Morgan fingerprint density at radius 1 is 1.05 bits per heavy atom. The molecule has 0 atom stereocenters. The lowest BCUT2D eigenvalue weighted by molar-refractivity contribution is -0.108. The van der Waals surface area contributed by atoms with Gasteiger partial charge in [-0.2, -0.15) is 0 Å². The van der Waals surface area contributed by atoms with Crippen LogP contribution in [0.2, 0.25) is 0 Å². The Morgan fingerprint density at radius 3 is 2.24 bits per heavy atom. The average Bonchev–Trinajstić information content (AvgIpc) is 2.83. The molecule has 0 radical (unpaired) electrons. The van der Waals surface area contributed by atoms with Crippen LogP contribution in [0.4, 0.5) is 14.9 Å². The molecular formula is C26H30FN3O7. The van der Waals surface area contributed by atoms with E-state index in [-0.39, 0.29) is 35.9 Å². The number of benzene rings is 2. The molecule has 37 heavy (non-hydrogen) atoms. The highest BCUT2D eigenvalue weighted by Gasteiger charge is 2.23. The van der Waals surface area contributed by atoms with Gasteiger partial charge in [-0.1, -0.05) is 12.1 Å². The van der Waals surface area contributed by atoms with Gasteiger partial charge in [-0.25, -0.2) is 14.0 Å². The second-order valence-electron chi connectivity index (χ2n) is 8.70. The minimum atomic E-state index is -0.871. The van der Waals surface area contributed by atoms with Gasteiger partial charge in [0.25, 0.3) is 0 Å². The van der Waals surface area contributed by atoms with Crippen molar-refractivity contribution in [2.75, 3.05) is 32.8 Å². The third-order valence-electron chi connectivity index (χ3n) is 4.69. The first-order chi connectivity index (χ1) is 17.4. The van der Waals surface area contributed by atoms with Crippen LogP contribution in [0.15, 0.2) is 42.5 Å². The van der Waals surface area contributed by atoms with E-state index in [1.54, 1.807) is 20.8 Å². The minimum Gasteiger partial charge on any atom is -0.488 e. The lowest BCUT2D eigenvalue weighted by Gasteiger charge is -2.21. The van der Waals surface area contributed by atoms with E-state index in [2.05, 4.69) is 10.1 Å². The van der Waals surface area contributed by atoms with Crippen LogP contribution in [-0.4, -0.2) is 56.6 Å². The third-order valence-corrected chi connectivity index (χ3v) is 4.69. The number of halogens is 1. The molecule has 10 nitrogen and oxygen atoms in total. The molecule has 0 unspecified atom stereocenters. The van der Waals surface area contributed by atoms with Gasteiger partial charge in [0, 0.05) is 30.5 Å². The van der Waals surface area contributed by atoms with Crippen LogP contribution in [0.5, 0.6) is 5.75 Å². The standard InChI is InChI=1S/C26H30FN3O7/c1-26(2,3)37-25(33)30-20-14-22(36-11-10-34-4)18(27)12-17(20)23(29)21(31)13-19(28)15-6-8-16(9-7-15)24(32)35-5/h6-9,12-14,29H,10-11,28H2,1-5H3,(H,30,33)/b19-13-,29-23?. The lowest BCUT2D eigenvalue weighted by atomic mass is 10.0. The second-order valence-corrected chi connectivity index (χ2v) is 8.70. The third kappa shape index (κ3) is 8.43. The van der Waals surface area contributed by atoms with Crippen molar-refractivity contribution in [2.24, 2.45) is 5.73 Å². The highest BCUT2D eigenvalue weighted by Crippen LogP contribution is 2.28. The fourth-order valence-electron chi connectivity index (χ4n) is 2.97. The lowest BCUT2D eigenvalue weighted by Crippen LogP contribution is -2.28. The molecular weight excluding hydrogens is 485 g/mol. The SMILES string of the molecule is COCCOc1cc(NC(=O)OC(C)(C)C)c(C(=N)C(=O)/C=C(\N)c2ccc(C(=O)OC)cc2)cc1F. The van der Waals surface area contributed by atoms with E-state index >= 15 is 0 Å². The Kier molecular flexibility index (Phi) is 9.90. The molecule has 0 bridgehead atoms. The monoisotopic (exact) mass is 515 g/mol. The molecule has 0 saturated heterocycles. The van der Waals surface area contributed by atoms with Crippen LogP contribution in [0.25, 0.3) is 5.70 Å². The van der Waals surface area contributed by atoms with Crippen molar-refractivity contribution in [3.63, 3.8) is 0 Å². The Morgan fingerprint density at radius 2 is 1.68 bits per heavy atom. The first-order valence-electron chi connectivity index (χ1n) is 11.1. The molecule has 0 spiro atoms.